The van der Waals surface area contributed by atoms with Gasteiger partial charge in [0.1, 0.15) is 5.75 Å². The summed E-state index contributed by atoms with van der Waals surface area (Å²) in [6.07, 6.45) is 4.21. The smallest absolute Gasteiger partial charge is 0.317 e. The van der Waals surface area contributed by atoms with Crippen LogP contribution >= 0.6 is 0 Å². The fraction of sp³-hybridized carbons (Fsp3) is 0.588. The number of hydrogen-bond acceptors (Lipinski definition) is 3. The molecule has 5 heteroatoms. The van der Waals surface area contributed by atoms with E-state index >= 15 is 0 Å². The zero-order valence-electron chi connectivity index (χ0n) is 13.0. The Morgan fingerprint density at radius 1 is 1.41 bits per heavy atom. The standard InChI is InChI=1S/C17H24N2O3/c1-19(9-10-22-11-12-5-6-12)17(21)18-15-8-7-14-13(15)3-2-4-16(14)20/h2-4,12,15,20H,5-11H2,1H3,(H,18,21)/t15-/m1/s1. The molecule has 5 nitrogen and oxygen atoms in total. The van der Waals surface area contributed by atoms with E-state index in [4.69, 9.17) is 4.74 Å². The van der Waals surface area contributed by atoms with E-state index in [1.54, 1.807) is 18.0 Å². The number of hydrogen-bond donors (Lipinski definition) is 2. The monoisotopic (exact) mass is 304 g/mol. The maximum absolute atomic E-state index is 12.2. The second-order valence-electron chi connectivity index (χ2n) is 6.33. The number of aromatic hydroxyl groups is 1. The van der Waals surface area contributed by atoms with Gasteiger partial charge in [-0.15, -0.1) is 0 Å². The summed E-state index contributed by atoms with van der Waals surface area (Å²) in [5.41, 5.74) is 2.00. The molecule has 0 radical (unpaired) electrons. The molecule has 120 valence electrons. The van der Waals surface area contributed by atoms with E-state index in [0.717, 1.165) is 36.5 Å². The van der Waals surface area contributed by atoms with E-state index in [1.165, 1.54) is 12.8 Å². The largest absolute Gasteiger partial charge is 0.508 e. The third-order valence-corrected chi connectivity index (χ3v) is 4.51. The molecule has 2 aliphatic rings. The summed E-state index contributed by atoms with van der Waals surface area (Å²) in [7, 11) is 1.79. The molecule has 1 saturated carbocycles. The van der Waals surface area contributed by atoms with Gasteiger partial charge in [0.15, 0.2) is 0 Å². The van der Waals surface area contributed by atoms with Gasteiger partial charge in [-0.2, -0.15) is 0 Å². The third-order valence-electron chi connectivity index (χ3n) is 4.51. The molecule has 0 aliphatic heterocycles. The molecule has 22 heavy (non-hydrogen) atoms. The molecule has 1 aromatic carbocycles. The summed E-state index contributed by atoms with van der Waals surface area (Å²) >= 11 is 0. The van der Waals surface area contributed by atoms with Crippen molar-refractivity contribution in [3.8, 4) is 5.75 Å². The van der Waals surface area contributed by atoms with E-state index in [0.29, 0.717) is 18.9 Å². The highest BCUT2D eigenvalue weighted by Crippen LogP contribution is 2.36. The quantitative estimate of drug-likeness (QED) is 0.794. The van der Waals surface area contributed by atoms with Crippen molar-refractivity contribution >= 4 is 6.03 Å². The van der Waals surface area contributed by atoms with Crippen LogP contribution in [-0.2, 0) is 11.2 Å². The first-order chi connectivity index (χ1) is 10.6. The summed E-state index contributed by atoms with van der Waals surface area (Å²) < 4.78 is 5.57. The Balaban J connectivity index is 1.46. The summed E-state index contributed by atoms with van der Waals surface area (Å²) in [6.45, 7) is 2.01. The Morgan fingerprint density at radius 2 is 2.23 bits per heavy atom. The molecule has 0 saturated heterocycles. The normalized spacial score (nSPS) is 19.8. The lowest BCUT2D eigenvalue weighted by Crippen LogP contribution is -2.40. The topological polar surface area (TPSA) is 61.8 Å². The van der Waals surface area contributed by atoms with Crippen LogP contribution in [0.5, 0.6) is 5.75 Å². The highest BCUT2D eigenvalue weighted by molar-refractivity contribution is 5.74. The molecule has 2 N–H and O–H groups in total. The van der Waals surface area contributed by atoms with Gasteiger partial charge >= 0.3 is 6.03 Å². The fourth-order valence-corrected chi connectivity index (χ4v) is 2.88. The SMILES string of the molecule is CN(CCOCC1CC1)C(=O)N[C@@H]1CCc2c(O)cccc21. The molecule has 0 heterocycles. The van der Waals surface area contributed by atoms with Crippen molar-refractivity contribution < 1.29 is 14.6 Å². The van der Waals surface area contributed by atoms with Crippen LogP contribution in [0.2, 0.25) is 0 Å². The summed E-state index contributed by atoms with van der Waals surface area (Å²) in [5.74, 6) is 1.08. The van der Waals surface area contributed by atoms with Gasteiger partial charge in [0, 0.05) is 20.2 Å². The number of nitrogens with zero attached hydrogens (tertiary/aromatic N) is 1. The molecular formula is C17H24N2O3. The maximum Gasteiger partial charge on any atom is 0.317 e. The first kappa shape index (κ1) is 15.2. The molecule has 0 spiro atoms. The lowest BCUT2D eigenvalue weighted by molar-refractivity contribution is 0.107. The van der Waals surface area contributed by atoms with Gasteiger partial charge in [0.2, 0.25) is 0 Å². The number of carbonyl (C=O) groups excluding carboxylic acids is 1. The molecule has 0 aromatic heterocycles. The molecule has 0 unspecified atom stereocenters. The van der Waals surface area contributed by atoms with Crippen LogP contribution < -0.4 is 5.32 Å². The van der Waals surface area contributed by atoms with Gasteiger partial charge in [-0.05, 0) is 48.8 Å². The number of urea groups is 1. The fourth-order valence-electron chi connectivity index (χ4n) is 2.88. The van der Waals surface area contributed by atoms with Crippen molar-refractivity contribution in [2.24, 2.45) is 5.92 Å². The number of ether oxygens (including phenoxy) is 1. The van der Waals surface area contributed by atoms with Crippen LogP contribution in [0.15, 0.2) is 18.2 Å². The Morgan fingerprint density at radius 3 is 3.00 bits per heavy atom. The minimum atomic E-state index is -0.0868. The number of benzene rings is 1. The van der Waals surface area contributed by atoms with Gasteiger partial charge in [-0.1, -0.05) is 12.1 Å². The third kappa shape index (κ3) is 3.53. The van der Waals surface area contributed by atoms with Crippen LogP contribution in [0.1, 0.15) is 36.4 Å². The Labute approximate surface area is 131 Å². The predicted octanol–water partition coefficient (Wildman–Crippen LogP) is 2.45. The van der Waals surface area contributed by atoms with Gasteiger partial charge < -0.3 is 20.1 Å². The van der Waals surface area contributed by atoms with E-state index in [1.807, 2.05) is 12.1 Å². The van der Waals surface area contributed by atoms with Crippen LogP contribution in [0.25, 0.3) is 0 Å². The molecule has 2 aliphatic carbocycles. The minimum absolute atomic E-state index is 0.00978. The summed E-state index contributed by atoms with van der Waals surface area (Å²) in [4.78, 5) is 13.9. The number of amides is 2. The Bertz CT molecular complexity index is 543. The van der Waals surface area contributed by atoms with Crippen LogP contribution in [0.3, 0.4) is 0 Å². The summed E-state index contributed by atoms with van der Waals surface area (Å²) in [6, 6.07) is 5.41. The molecule has 1 atom stereocenters. The van der Waals surface area contributed by atoms with Gasteiger partial charge in [-0.3, -0.25) is 0 Å². The molecule has 2 amide bonds. The first-order valence-corrected chi connectivity index (χ1v) is 8.05. The molecule has 0 bridgehead atoms. The second-order valence-corrected chi connectivity index (χ2v) is 6.33. The van der Waals surface area contributed by atoms with Crippen molar-refractivity contribution in [1.29, 1.82) is 0 Å². The number of phenols is 1. The van der Waals surface area contributed by atoms with Gasteiger partial charge in [0.05, 0.1) is 12.6 Å². The molecule has 1 aromatic rings. The van der Waals surface area contributed by atoms with E-state index in [2.05, 4.69) is 5.32 Å². The number of fused-ring (bicyclic) bond motifs is 1. The number of carbonyl (C=O) groups is 1. The zero-order valence-corrected chi connectivity index (χ0v) is 13.0. The maximum atomic E-state index is 12.2. The van der Waals surface area contributed by atoms with Crippen LogP contribution in [0, 0.1) is 5.92 Å². The average Bonchev–Trinajstić information content (AvgIpc) is 3.24. The Kier molecular flexibility index (Phi) is 4.52. The number of rotatable bonds is 6. The number of phenolic OH excluding ortho intramolecular Hbond substituents is 1. The highest BCUT2D eigenvalue weighted by Gasteiger charge is 2.26. The van der Waals surface area contributed by atoms with Crippen molar-refractivity contribution in [2.45, 2.75) is 31.7 Å². The van der Waals surface area contributed by atoms with E-state index < -0.39 is 0 Å². The van der Waals surface area contributed by atoms with Crippen molar-refractivity contribution in [3.63, 3.8) is 0 Å². The first-order valence-electron chi connectivity index (χ1n) is 8.05. The van der Waals surface area contributed by atoms with E-state index in [-0.39, 0.29) is 12.1 Å². The lowest BCUT2D eigenvalue weighted by atomic mass is 10.1. The summed E-state index contributed by atoms with van der Waals surface area (Å²) in [5, 5.41) is 12.9. The van der Waals surface area contributed by atoms with Crippen LogP contribution in [-0.4, -0.2) is 42.8 Å². The lowest BCUT2D eigenvalue weighted by Gasteiger charge is -2.21. The van der Waals surface area contributed by atoms with Crippen molar-refractivity contribution in [2.75, 3.05) is 26.8 Å². The molecule has 1 fully saturated rings. The second kappa shape index (κ2) is 6.57. The minimum Gasteiger partial charge on any atom is -0.508 e. The average molecular weight is 304 g/mol. The van der Waals surface area contributed by atoms with Crippen LogP contribution in [0.4, 0.5) is 4.79 Å². The van der Waals surface area contributed by atoms with Crippen molar-refractivity contribution in [3.05, 3.63) is 29.3 Å². The van der Waals surface area contributed by atoms with Crippen molar-refractivity contribution in [1.82, 2.24) is 10.2 Å². The Hall–Kier alpha value is -1.75. The van der Waals surface area contributed by atoms with Gasteiger partial charge in [0.25, 0.3) is 0 Å². The molecular weight excluding hydrogens is 280 g/mol. The van der Waals surface area contributed by atoms with Gasteiger partial charge in [-0.25, -0.2) is 4.79 Å². The predicted molar refractivity (Wildman–Crippen MR) is 83.9 cm³/mol. The number of likely N-dealkylation sites (N-methyl/N-ethyl adjacent to an activating group) is 1. The number of nitrogens with one attached hydrogen (secondary N) is 1. The highest BCUT2D eigenvalue weighted by atomic mass is 16.5. The zero-order chi connectivity index (χ0) is 15.5. The van der Waals surface area contributed by atoms with E-state index in [9.17, 15) is 9.90 Å². The molecule has 3 rings (SSSR count).